The van der Waals surface area contributed by atoms with Crippen LogP contribution >= 0.6 is 0 Å². The molecule has 2 amide bonds. The SMILES string of the molecule is CCOc1ccc([C@@H](C(=O)NC(C)(C)C)N(C(=O)Cn2nnc3ccccc32)c2cc(C)cc(C)c2)cc1OC. The normalized spacial score (nSPS) is 12.2. The minimum absolute atomic E-state index is 0.110. The highest BCUT2D eigenvalue weighted by Crippen LogP contribution is 2.36. The minimum Gasteiger partial charge on any atom is -0.493 e. The van der Waals surface area contributed by atoms with Crippen LogP contribution in [0.15, 0.2) is 60.7 Å². The smallest absolute Gasteiger partial charge is 0.249 e. The van der Waals surface area contributed by atoms with E-state index in [1.165, 1.54) is 0 Å². The first-order valence-electron chi connectivity index (χ1n) is 13.3. The summed E-state index contributed by atoms with van der Waals surface area (Å²) in [4.78, 5) is 29.9. The third-order valence-corrected chi connectivity index (χ3v) is 6.27. The molecule has 210 valence electrons. The van der Waals surface area contributed by atoms with Gasteiger partial charge in [-0.25, -0.2) is 4.68 Å². The van der Waals surface area contributed by atoms with Crippen LogP contribution in [-0.2, 0) is 16.1 Å². The van der Waals surface area contributed by atoms with E-state index in [9.17, 15) is 9.59 Å². The Balaban J connectivity index is 1.89. The van der Waals surface area contributed by atoms with Gasteiger partial charge in [-0.1, -0.05) is 29.5 Å². The minimum atomic E-state index is -1.01. The maximum Gasteiger partial charge on any atom is 0.249 e. The fourth-order valence-corrected chi connectivity index (χ4v) is 4.75. The Bertz CT molecular complexity index is 1500. The standard InChI is InChI=1S/C31H37N5O4/c1-8-40-26-14-13-22(18-27(26)39-7)29(30(38)32-31(4,5)6)36(23-16-20(2)15-21(3)17-23)28(37)19-35-25-12-10-9-11-24(25)33-34-35/h9-18,29H,8,19H2,1-7H3,(H,32,38)/t29-/m0/s1. The quantitative estimate of drug-likeness (QED) is 0.314. The lowest BCUT2D eigenvalue weighted by atomic mass is 9.99. The van der Waals surface area contributed by atoms with Crippen molar-refractivity contribution in [2.75, 3.05) is 18.6 Å². The van der Waals surface area contributed by atoms with Gasteiger partial charge in [-0.15, -0.1) is 5.10 Å². The summed E-state index contributed by atoms with van der Waals surface area (Å²) in [6, 6.07) is 17.6. The third-order valence-electron chi connectivity index (χ3n) is 6.27. The highest BCUT2D eigenvalue weighted by atomic mass is 16.5. The molecule has 0 bridgehead atoms. The molecule has 1 heterocycles. The number of ether oxygens (including phenoxy) is 2. The molecule has 9 nitrogen and oxygen atoms in total. The van der Waals surface area contributed by atoms with Gasteiger partial charge in [0.15, 0.2) is 11.5 Å². The molecule has 0 radical (unpaired) electrons. The van der Waals surface area contributed by atoms with Gasteiger partial charge in [0, 0.05) is 11.2 Å². The van der Waals surface area contributed by atoms with Crippen molar-refractivity contribution in [2.45, 2.75) is 59.7 Å². The number of benzene rings is 3. The molecule has 0 unspecified atom stereocenters. The highest BCUT2D eigenvalue weighted by Gasteiger charge is 2.35. The summed E-state index contributed by atoms with van der Waals surface area (Å²) in [7, 11) is 1.55. The Labute approximate surface area is 235 Å². The fourth-order valence-electron chi connectivity index (χ4n) is 4.75. The van der Waals surface area contributed by atoms with E-state index in [1.54, 1.807) is 34.9 Å². The number of aryl methyl sites for hydroxylation is 2. The number of carbonyl (C=O) groups is 2. The van der Waals surface area contributed by atoms with Crippen molar-refractivity contribution < 1.29 is 19.1 Å². The molecule has 0 saturated carbocycles. The second kappa shape index (κ2) is 11.8. The predicted molar refractivity (Wildman–Crippen MR) is 156 cm³/mol. The van der Waals surface area contributed by atoms with Crippen LogP contribution in [0.25, 0.3) is 11.0 Å². The Morgan fingerprint density at radius 1 is 1.00 bits per heavy atom. The van der Waals surface area contributed by atoms with Crippen LogP contribution in [0.1, 0.15) is 50.4 Å². The molecule has 4 aromatic rings. The molecule has 0 fully saturated rings. The number of amides is 2. The predicted octanol–water partition coefficient (Wildman–Crippen LogP) is 5.14. The number of hydrogen-bond donors (Lipinski definition) is 1. The van der Waals surface area contributed by atoms with Crippen molar-refractivity contribution in [1.82, 2.24) is 20.3 Å². The van der Waals surface area contributed by atoms with Gasteiger partial charge in [0.25, 0.3) is 0 Å². The second-order valence-corrected chi connectivity index (χ2v) is 10.8. The maximum absolute atomic E-state index is 14.3. The van der Waals surface area contributed by atoms with Gasteiger partial charge in [0.1, 0.15) is 18.1 Å². The van der Waals surface area contributed by atoms with Gasteiger partial charge in [-0.05, 0) is 94.6 Å². The topological polar surface area (TPSA) is 98.6 Å². The van der Waals surface area contributed by atoms with Gasteiger partial charge >= 0.3 is 0 Å². The van der Waals surface area contributed by atoms with Gasteiger partial charge in [-0.3, -0.25) is 14.5 Å². The average Bonchev–Trinajstić information content (AvgIpc) is 3.28. The Morgan fingerprint density at radius 3 is 2.35 bits per heavy atom. The molecular formula is C31H37N5O4. The van der Waals surface area contributed by atoms with E-state index in [-0.39, 0.29) is 18.4 Å². The Morgan fingerprint density at radius 2 is 1.70 bits per heavy atom. The summed E-state index contributed by atoms with van der Waals surface area (Å²) < 4.78 is 12.9. The molecule has 1 aromatic heterocycles. The number of para-hydroxylation sites is 1. The number of methoxy groups -OCH3 is 1. The van der Waals surface area contributed by atoms with Crippen molar-refractivity contribution >= 4 is 28.5 Å². The number of aromatic nitrogens is 3. The average molecular weight is 544 g/mol. The molecule has 0 aliphatic heterocycles. The number of nitrogens with one attached hydrogen (secondary N) is 1. The molecule has 0 aliphatic rings. The summed E-state index contributed by atoms with van der Waals surface area (Å²) in [6.45, 7) is 11.9. The van der Waals surface area contributed by atoms with Gasteiger partial charge < -0.3 is 14.8 Å². The van der Waals surface area contributed by atoms with E-state index in [1.807, 2.05) is 84.0 Å². The monoisotopic (exact) mass is 543 g/mol. The van der Waals surface area contributed by atoms with Crippen LogP contribution in [0.5, 0.6) is 11.5 Å². The summed E-state index contributed by atoms with van der Waals surface area (Å²) in [5.41, 5.74) is 4.01. The van der Waals surface area contributed by atoms with E-state index in [0.29, 0.717) is 34.9 Å². The van der Waals surface area contributed by atoms with Crippen LogP contribution in [-0.4, -0.2) is 46.1 Å². The largest absolute Gasteiger partial charge is 0.493 e. The van der Waals surface area contributed by atoms with E-state index >= 15 is 0 Å². The summed E-state index contributed by atoms with van der Waals surface area (Å²) in [5, 5.41) is 11.5. The first-order chi connectivity index (χ1) is 19.0. The highest BCUT2D eigenvalue weighted by molar-refractivity contribution is 6.02. The zero-order valence-corrected chi connectivity index (χ0v) is 24.2. The molecular weight excluding hydrogens is 506 g/mol. The second-order valence-electron chi connectivity index (χ2n) is 10.8. The molecule has 3 aromatic carbocycles. The lowest BCUT2D eigenvalue weighted by Gasteiger charge is -2.34. The van der Waals surface area contributed by atoms with Crippen molar-refractivity contribution in [1.29, 1.82) is 0 Å². The zero-order valence-electron chi connectivity index (χ0n) is 24.2. The van der Waals surface area contributed by atoms with E-state index < -0.39 is 11.6 Å². The van der Waals surface area contributed by atoms with E-state index in [4.69, 9.17) is 9.47 Å². The number of rotatable bonds is 9. The van der Waals surface area contributed by atoms with Crippen molar-refractivity contribution in [3.05, 3.63) is 77.4 Å². The van der Waals surface area contributed by atoms with Crippen LogP contribution in [0.4, 0.5) is 5.69 Å². The van der Waals surface area contributed by atoms with E-state index in [0.717, 1.165) is 16.6 Å². The summed E-state index contributed by atoms with van der Waals surface area (Å²) in [6.07, 6.45) is 0. The van der Waals surface area contributed by atoms with Crippen LogP contribution < -0.4 is 19.7 Å². The first-order valence-corrected chi connectivity index (χ1v) is 13.3. The molecule has 40 heavy (non-hydrogen) atoms. The van der Waals surface area contributed by atoms with Gasteiger partial charge in [0.2, 0.25) is 11.8 Å². The van der Waals surface area contributed by atoms with Crippen molar-refractivity contribution in [3.63, 3.8) is 0 Å². The molecule has 0 aliphatic carbocycles. The number of fused-ring (bicyclic) bond motifs is 1. The number of nitrogens with zero attached hydrogens (tertiary/aromatic N) is 4. The summed E-state index contributed by atoms with van der Waals surface area (Å²) in [5.74, 6) is 0.391. The van der Waals surface area contributed by atoms with Gasteiger partial charge in [-0.2, -0.15) is 0 Å². The van der Waals surface area contributed by atoms with E-state index in [2.05, 4.69) is 15.6 Å². The van der Waals surface area contributed by atoms with Crippen LogP contribution in [0, 0.1) is 13.8 Å². The lowest BCUT2D eigenvalue weighted by molar-refractivity contribution is -0.128. The number of hydrogen-bond acceptors (Lipinski definition) is 6. The van der Waals surface area contributed by atoms with Crippen LogP contribution in [0.2, 0.25) is 0 Å². The molecule has 9 heteroatoms. The molecule has 1 atom stereocenters. The fraction of sp³-hybridized carbons (Fsp3) is 0.355. The van der Waals surface area contributed by atoms with Crippen molar-refractivity contribution in [2.24, 2.45) is 0 Å². The number of anilines is 1. The van der Waals surface area contributed by atoms with Gasteiger partial charge in [0.05, 0.1) is 19.2 Å². The molecule has 4 rings (SSSR count). The maximum atomic E-state index is 14.3. The van der Waals surface area contributed by atoms with Crippen molar-refractivity contribution in [3.8, 4) is 11.5 Å². The Hall–Kier alpha value is -4.40. The lowest BCUT2D eigenvalue weighted by Crippen LogP contribution is -2.50. The number of carbonyl (C=O) groups excluding carboxylic acids is 2. The zero-order chi connectivity index (χ0) is 29.0. The first kappa shape index (κ1) is 28.6. The van der Waals surface area contributed by atoms with Crippen LogP contribution in [0.3, 0.4) is 0 Å². The molecule has 0 spiro atoms. The molecule has 1 N–H and O–H groups in total. The summed E-state index contributed by atoms with van der Waals surface area (Å²) >= 11 is 0. The Kier molecular flexibility index (Phi) is 8.42. The third kappa shape index (κ3) is 6.42. The molecule has 0 saturated heterocycles.